The van der Waals surface area contributed by atoms with Gasteiger partial charge in [-0.05, 0) is 26.0 Å². The first kappa shape index (κ1) is 7.95. The average molecular weight is 124 g/mol. The van der Waals surface area contributed by atoms with Gasteiger partial charge >= 0.3 is 0 Å². The highest BCUT2D eigenvalue weighted by Crippen LogP contribution is 1.84. The molecule has 2 heteroatoms. The maximum Gasteiger partial charge on any atom is 0.0553 e. The molecule has 0 amide bonds. The molecule has 0 heterocycles. The predicted molar refractivity (Wildman–Crippen MR) is 40.5 cm³/mol. The summed E-state index contributed by atoms with van der Waals surface area (Å²) in [4.78, 5) is 0. The minimum absolute atomic E-state index is 0.442. The van der Waals surface area contributed by atoms with E-state index in [1.54, 1.807) is 19.1 Å². The summed E-state index contributed by atoms with van der Waals surface area (Å²) < 4.78 is 0. The fourth-order valence-electron chi connectivity index (χ4n) is 0.473. The summed E-state index contributed by atoms with van der Waals surface area (Å²) in [6.07, 6.45) is 5.11. The van der Waals surface area contributed by atoms with Crippen LogP contribution in [-0.4, -0.2) is 5.71 Å². The molecule has 0 fully saturated rings. The summed E-state index contributed by atoms with van der Waals surface area (Å²) in [6, 6.07) is 0. The van der Waals surface area contributed by atoms with Gasteiger partial charge < -0.3 is 11.1 Å². The van der Waals surface area contributed by atoms with Crippen molar-refractivity contribution in [2.45, 2.75) is 13.8 Å². The summed E-state index contributed by atoms with van der Waals surface area (Å²) >= 11 is 0. The molecule has 0 aliphatic rings. The highest BCUT2D eigenvalue weighted by atomic mass is 14.6. The first-order chi connectivity index (χ1) is 4.16. The first-order valence-electron chi connectivity index (χ1n) is 2.82. The number of rotatable bonds is 2. The van der Waals surface area contributed by atoms with Crippen LogP contribution in [0.2, 0.25) is 0 Å². The van der Waals surface area contributed by atoms with Gasteiger partial charge in [-0.25, -0.2) is 0 Å². The second-order valence-corrected chi connectivity index (χ2v) is 1.84. The zero-order chi connectivity index (χ0) is 7.28. The lowest BCUT2D eigenvalue weighted by Crippen LogP contribution is -1.94. The quantitative estimate of drug-likeness (QED) is 0.538. The Kier molecular flexibility index (Phi) is 3.44. The third-order valence-electron chi connectivity index (χ3n) is 0.729. The van der Waals surface area contributed by atoms with Crippen LogP contribution in [0.3, 0.4) is 0 Å². The molecule has 0 saturated carbocycles. The smallest absolute Gasteiger partial charge is 0.0553 e. The summed E-state index contributed by atoms with van der Waals surface area (Å²) in [6.45, 7) is 3.63. The molecule has 0 aliphatic carbocycles. The number of nitrogens with one attached hydrogen (secondary N) is 1. The fourth-order valence-corrected chi connectivity index (χ4v) is 0.473. The van der Waals surface area contributed by atoms with E-state index in [0.29, 0.717) is 11.4 Å². The zero-order valence-electron chi connectivity index (χ0n) is 5.81. The number of hydrogen-bond acceptors (Lipinski definition) is 2. The van der Waals surface area contributed by atoms with E-state index in [0.717, 1.165) is 0 Å². The Labute approximate surface area is 55.6 Å². The molecule has 0 aromatic rings. The molecule has 0 atom stereocenters. The molecule has 0 rings (SSSR count). The molecular formula is C7H12N2. The van der Waals surface area contributed by atoms with Gasteiger partial charge in [-0.1, -0.05) is 6.08 Å². The minimum Gasteiger partial charge on any atom is -0.402 e. The SMILES string of the molecule is C/C=C\C(=N)C=C(C)N. The molecule has 0 radical (unpaired) electrons. The molecule has 0 saturated heterocycles. The Morgan fingerprint density at radius 2 is 2.11 bits per heavy atom. The van der Waals surface area contributed by atoms with Crippen molar-refractivity contribution in [2.75, 3.05) is 0 Å². The van der Waals surface area contributed by atoms with Gasteiger partial charge in [0, 0.05) is 5.70 Å². The minimum atomic E-state index is 0.442. The largest absolute Gasteiger partial charge is 0.402 e. The molecule has 3 N–H and O–H groups in total. The molecule has 0 aliphatic heterocycles. The Bertz CT molecular complexity index is 150. The van der Waals surface area contributed by atoms with Crippen LogP contribution in [0.4, 0.5) is 0 Å². The number of hydrogen-bond donors (Lipinski definition) is 2. The predicted octanol–water partition coefficient (Wildman–Crippen LogP) is 1.44. The Morgan fingerprint density at radius 3 is 2.44 bits per heavy atom. The third-order valence-corrected chi connectivity index (χ3v) is 0.729. The Morgan fingerprint density at radius 1 is 1.56 bits per heavy atom. The normalized spacial score (nSPS) is 12.4. The lowest BCUT2D eigenvalue weighted by atomic mass is 10.3. The van der Waals surface area contributed by atoms with Crippen molar-refractivity contribution in [2.24, 2.45) is 5.73 Å². The monoisotopic (exact) mass is 124 g/mol. The molecule has 0 aromatic carbocycles. The highest BCUT2D eigenvalue weighted by Gasteiger charge is 1.81. The standard InChI is InChI=1S/C7H12N2/c1-3-4-7(9)5-6(2)8/h3-5,9H,8H2,1-2H3/b4-3-,6-5?,9-7?. The van der Waals surface area contributed by atoms with E-state index >= 15 is 0 Å². The second-order valence-electron chi connectivity index (χ2n) is 1.84. The molecule has 0 unspecified atom stereocenters. The van der Waals surface area contributed by atoms with Crippen molar-refractivity contribution < 1.29 is 0 Å². The zero-order valence-corrected chi connectivity index (χ0v) is 5.81. The van der Waals surface area contributed by atoms with Crippen molar-refractivity contribution in [3.8, 4) is 0 Å². The third kappa shape index (κ3) is 4.81. The summed E-state index contributed by atoms with van der Waals surface area (Å²) in [5, 5.41) is 7.18. The van der Waals surface area contributed by atoms with Crippen molar-refractivity contribution in [3.05, 3.63) is 23.9 Å². The van der Waals surface area contributed by atoms with Crippen LogP contribution in [0.25, 0.3) is 0 Å². The van der Waals surface area contributed by atoms with E-state index in [1.807, 2.05) is 13.0 Å². The molecule has 0 bridgehead atoms. The lowest BCUT2D eigenvalue weighted by Gasteiger charge is -1.87. The Hall–Kier alpha value is -1.05. The fraction of sp³-hybridized carbons (Fsp3) is 0.286. The lowest BCUT2D eigenvalue weighted by molar-refractivity contribution is 1.32. The van der Waals surface area contributed by atoms with Crippen LogP contribution < -0.4 is 5.73 Å². The van der Waals surface area contributed by atoms with Crippen LogP contribution in [0, 0.1) is 5.41 Å². The van der Waals surface area contributed by atoms with E-state index in [1.165, 1.54) is 0 Å². The summed E-state index contributed by atoms with van der Waals surface area (Å²) in [5.74, 6) is 0. The number of allylic oxidation sites excluding steroid dienone is 4. The van der Waals surface area contributed by atoms with Crippen LogP contribution in [0.15, 0.2) is 23.9 Å². The Balaban J connectivity index is 3.93. The van der Waals surface area contributed by atoms with Crippen LogP contribution in [0.1, 0.15) is 13.8 Å². The molecular weight excluding hydrogens is 112 g/mol. The molecule has 2 nitrogen and oxygen atoms in total. The van der Waals surface area contributed by atoms with Crippen LogP contribution in [0.5, 0.6) is 0 Å². The van der Waals surface area contributed by atoms with Crippen molar-refractivity contribution in [1.82, 2.24) is 0 Å². The van der Waals surface area contributed by atoms with Crippen molar-refractivity contribution in [3.63, 3.8) is 0 Å². The van der Waals surface area contributed by atoms with Crippen LogP contribution in [-0.2, 0) is 0 Å². The van der Waals surface area contributed by atoms with Gasteiger partial charge in [0.05, 0.1) is 5.71 Å². The van der Waals surface area contributed by atoms with Crippen LogP contribution >= 0.6 is 0 Å². The first-order valence-corrected chi connectivity index (χ1v) is 2.82. The van der Waals surface area contributed by atoms with Gasteiger partial charge in [-0.2, -0.15) is 0 Å². The van der Waals surface area contributed by atoms with E-state index in [4.69, 9.17) is 11.1 Å². The molecule has 9 heavy (non-hydrogen) atoms. The molecule has 0 spiro atoms. The van der Waals surface area contributed by atoms with Gasteiger partial charge in [-0.15, -0.1) is 0 Å². The van der Waals surface area contributed by atoms with Gasteiger partial charge in [0.15, 0.2) is 0 Å². The maximum absolute atomic E-state index is 7.18. The summed E-state index contributed by atoms with van der Waals surface area (Å²) in [7, 11) is 0. The second kappa shape index (κ2) is 3.89. The maximum atomic E-state index is 7.18. The van der Waals surface area contributed by atoms with E-state index in [9.17, 15) is 0 Å². The van der Waals surface area contributed by atoms with Gasteiger partial charge in [0.2, 0.25) is 0 Å². The number of nitrogens with two attached hydrogens (primary N) is 1. The topological polar surface area (TPSA) is 49.9 Å². The van der Waals surface area contributed by atoms with E-state index < -0.39 is 0 Å². The van der Waals surface area contributed by atoms with Gasteiger partial charge in [0.1, 0.15) is 0 Å². The van der Waals surface area contributed by atoms with E-state index in [2.05, 4.69) is 0 Å². The highest BCUT2D eigenvalue weighted by molar-refractivity contribution is 6.01. The molecule has 50 valence electrons. The van der Waals surface area contributed by atoms with Crippen molar-refractivity contribution >= 4 is 5.71 Å². The van der Waals surface area contributed by atoms with Gasteiger partial charge in [0.25, 0.3) is 0 Å². The van der Waals surface area contributed by atoms with E-state index in [-0.39, 0.29) is 0 Å². The summed E-state index contributed by atoms with van der Waals surface area (Å²) in [5.41, 5.74) is 6.42. The van der Waals surface area contributed by atoms with Gasteiger partial charge in [-0.3, -0.25) is 0 Å². The average Bonchev–Trinajstić information content (AvgIpc) is 1.63. The molecule has 0 aromatic heterocycles. The van der Waals surface area contributed by atoms with Crippen molar-refractivity contribution in [1.29, 1.82) is 5.41 Å².